The predicted octanol–water partition coefficient (Wildman–Crippen LogP) is 1.05. The first-order chi connectivity index (χ1) is 13.5. The second-order valence-corrected chi connectivity index (χ2v) is 6.99. The minimum atomic E-state index is -1.17. The Labute approximate surface area is 162 Å². The monoisotopic (exact) mass is 403 g/mol. The third-order valence-corrected chi connectivity index (χ3v) is 5.20. The molecule has 2 unspecified atom stereocenters. The van der Waals surface area contributed by atoms with Gasteiger partial charge in [-0.1, -0.05) is 11.6 Å². The number of nitrogens with zero attached hydrogens (tertiary/aromatic N) is 7. The van der Waals surface area contributed by atoms with E-state index in [1.54, 1.807) is 23.8 Å². The number of nitrogens with one attached hydrogen (secondary N) is 2. The highest BCUT2D eigenvalue weighted by Crippen LogP contribution is 2.26. The molecule has 5 heterocycles. The molecule has 0 bridgehead atoms. The Morgan fingerprint density at radius 1 is 1.36 bits per heavy atom. The summed E-state index contributed by atoms with van der Waals surface area (Å²) in [5.41, 5.74) is 1.67. The van der Waals surface area contributed by atoms with Crippen LogP contribution in [0.4, 0.5) is 16.0 Å². The molecule has 1 aliphatic heterocycles. The molecule has 2 atom stereocenters. The summed E-state index contributed by atoms with van der Waals surface area (Å²) >= 11 is 6.30. The van der Waals surface area contributed by atoms with Crippen molar-refractivity contribution in [2.24, 2.45) is 7.05 Å². The van der Waals surface area contributed by atoms with E-state index < -0.39 is 12.2 Å². The zero-order chi connectivity index (χ0) is 19.4. The highest BCUT2D eigenvalue weighted by Gasteiger charge is 2.32. The molecule has 0 spiro atoms. The summed E-state index contributed by atoms with van der Waals surface area (Å²) in [4.78, 5) is 25.5. The summed E-state index contributed by atoms with van der Waals surface area (Å²) in [7, 11) is 1.61. The fourth-order valence-corrected chi connectivity index (χ4v) is 3.62. The molecule has 1 saturated heterocycles. The van der Waals surface area contributed by atoms with Crippen molar-refractivity contribution in [3.63, 3.8) is 0 Å². The van der Waals surface area contributed by atoms with Crippen LogP contribution in [0, 0.1) is 0 Å². The minimum Gasteiger partial charge on any atom is -0.322 e. The summed E-state index contributed by atoms with van der Waals surface area (Å²) in [6.07, 6.45) is 3.44. The molecule has 4 aromatic heterocycles. The fourth-order valence-electron chi connectivity index (χ4n) is 3.43. The number of anilines is 2. The van der Waals surface area contributed by atoms with Crippen LogP contribution in [0.15, 0.2) is 29.6 Å². The van der Waals surface area contributed by atoms with Crippen LogP contribution < -0.4 is 16.3 Å². The van der Waals surface area contributed by atoms with E-state index in [1.165, 1.54) is 21.7 Å². The molecule has 1 fully saturated rings. The number of halogens is 2. The highest BCUT2D eigenvalue weighted by molar-refractivity contribution is 6.33. The zero-order valence-corrected chi connectivity index (χ0v) is 15.4. The van der Waals surface area contributed by atoms with E-state index in [0.717, 1.165) is 0 Å². The number of aromatic nitrogens is 7. The molecule has 2 N–H and O–H groups in total. The van der Waals surface area contributed by atoms with Crippen molar-refractivity contribution in [1.29, 1.82) is 0 Å². The van der Waals surface area contributed by atoms with Gasteiger partial charge in [-0.3, -0.25) is 9.13 Å². The van der Waals surface area contributed by atoms with Crippen molar-refractivity contribution in [2.45, 2.75) is 12.2 Å². The average Bonchev–Trinajstić information content (AvgIpc) is 3.35. The first-order valence-electron chi connectivity index (χ1n) is 8.57. The first-order valence-corrected chi connectivity index (χ1v) is 8.95. The Balaban J connectivity index is 1.60. The third-order valence-electron chi connectivity index (χ3n) is 4.89. The molecule has 1 aliphatic rings. The van der Waals surface area contributed by atoms with Crippen LogP contribution >= 0.6 is 11.6 Å². The Bertz CT molecular complexity index is 1260. The third kappa shape index (κ3) is 2.54. The van der Waals surface area contributed by atoms with E-state index in [1.807, 2.05) is 0 Å². The van der Waals surface area contributed by atoms with E-state index in [0.29, 0.717) is 34.1 Å². The smallest absolute Gasteiger partial charge is 0.322 e. The number of rotatable bonds is 3. The van der Waals surface area contributed by atoms with Crippen molar-refractivity contribution in [2.75, 3.05) is 18.4 Å². The topological polar surface area (TPSA) is 107 Å². The molecule has 0 radical (unpaired) electrons. The van der Waals surface area contributed by atoms with Gasteiger partial charge in [0.1, 0.15) is 18.0 Å². The molecular formula is C16H15ClFN9O. The van der Waals surface area contributed by atoms with Gasteiger partial charge in [-0.05, 0) is 0 Å². The van der Waals surface area contributed by atoms with Gasteiger partial charge in [0.05, 0.1) is 29.1 Å². The van der Waals surface area contributed by atoms with Crippen LogP contribution in [0.5, 0.6) is 0 Å². The van der Waals surface area contributed by atoms with Gasteiger partial charge in [-0.25, -0.2) is 23.7 Å². The summed E-state index contributed by atoms with van der Waals surface area (Å²) in [6.45, 7) is 0.568. The highest BCUT2D eigenvalue weighted by atomic mass is 35.5. The van der Waals surface area contributed by atoms with Crippen molar-refractivity contribution in [3.8, 4) is 0 Å². The second kappa shape index (κ2) is 6.24. The average molecular weight is 404 g/mol. The lowest BCUT2D eigenvalue weighted by Gasteiger charge is -2.13. The Morgan fingerprint density at radius 2 is 2.21 bits per heavy atom. The van der Waals surface area contributed by atoms with Crippen LogP contribution in [0.2, 0.25) is 5.02 Å². The number of hydrogen-bond donors (Lipinski definition) is 2. The Hall–Kier alpha value is -3.05. The number of alkyl halides is 1. The lowest BCUT2D eigenvalue weighted by Crippen LogP contribution is -2.30. The molecule has 5 rings (SSSR count). The maximum absolute atomic E-state index is 14.3. The zero-order valence-electron chi connectivity index (χ0n) is 14.7. The number of hydrogen-bond acceptors (Lipinski definition) is 7. The van der Waals surface area contributed by atoms with Crippen molar-refractivity contribution < 1.29 is 4.39 Å². The number of fused-ring (bicyclic) bond motifs is 2. The quantitative estimate of drug-likeness (QED) is 0.526. The van der Waals surface area contributed by atoms with Crippen molar-refractivity contribution >= 4 is 40.0 Å². The van der Waals surface area contributed by atoms with Gasteiger partial charge in [0, 0.05) is 26.2 Å². The Morgan fingerprint density at radius 3 is 3.00 bits per heavy atom. The summed E-state index contributed by atoms with van der Waals surface area (Å²) in [6, 6.07) is 1.04. The van der Waals surface area contributed by atoms with Crippen LogP contribution in [-0.4, -0.2) is 53.0 Å². The molecule has 0 aromatic carbocycles. The molecule has 0 saturated carbocycles. The van der Waals surface area contributed by atoms with E-state index in [-0.39, 0.29) is 18.2 Å². The van der Waals surface area contributed by atoms with Crippen LogP contribution in [0.1, 0.15) is 6.04 Å². The minimum absolute atomic E-state index is 0.206. The van der Waals surface area contributed by atoms with E-state index in [4.69, 9.17) is 11.6 Å². The standard InChI is InChI=1S/C16H15ClFN9O/c1-25-12-5-20-15(23-10-6-26-13(2-8(10)17)21-7-22-26)24-14(12)27(16(25)28)11-4-19-3-9(11)18/h2,5-7,9,11,19H,3-4H2,1H3,(H,20,23,24). The molecule has 144 valence electrons. The normalized spacial score (nSPS) is 19.7. The molecule has 28 heavy (non-hydrogen) atoms. The number of imidazole rings is 1. The fraction of sp³-hybridized carbons (Fsp3) is 0.312. The van der Waals surface area contributed by atoms with Gasteiger partial charge in [-0.2, -0.15) is 10.1 Å². The second-order valence-electron chi connectivity index (χ2n) is 6.58. The number of aryl methyl sites for hydroxylation is 1. The van der Waals surface area contributed by atoms with E-state index in [9.17, 15) is 9.18 Å². The van der Waals surface area contributed by atoms with Gasteiger partial charge >= 0.3 is 5.69 Å². The SMILES string of the molecule is Cn1c(=O)n(C2CNCC2F)c2nc(Nc3cn4ncnc4cc3Cl)ncc21. The maximum atomic E-state index is 14.3. The summed E-state index contributed by atoms with van der Waals surface area (Å²) < 4.78 is 18.6. The molecule has 12 heteroatoms. The molecule has 0 aliphatic carbocycles. The van der Waals surface area contributed by atoms with Gasteiger partial charge in [-0.15, -0.1) is 0 Å². The number of pyridine rings is 1. The van der Waals surface area contributed by atoms with Crippen LogP contribution in [-0.2, 0) is 7.05 Å². The molecule has 4 aromatic rings. The lowest BCUT2D eigenvalue weighted by atomic mass is 10.2. The van der Waals surface area contributed by atoms with E-state index >= 15 is 0 Å². The predicted molar refractivity (Wildman–Crippen MR) is 101 cm³/mol. The van der Waals surface area contributed by atoms with Gasteiger partial charge in [0.25, 0.3) is 0 Å². The van der Waals surface area contributed by atoms with Crippen LogP contribution in [0.25, 0.3) is 16.8 Å². The van der Waals surface area contributed by atoms with Gasteiger partial charge in [0.2, 0.25) is 5.95 Å². The van der Waals surface area contributed by atoms with Crippen molar-refractivity contribution in [3.05, 3.63) is 40.3 Å². The first kappa shape index (κ1) is 17.1. The molecule has 0 amide bonds. The lowest BCUT2D eigenvalue weighted by molar-refractivity contribution is 0.282. The largest absolute Gasteiger partial charge is 0.330 e. The van der Waals surface area contributed by atoms with Crippen molar-refractivity contribution in [1.82, 2.24) is 39.0 Å². The molecule has 10 nitrogen and oxygen atoms in total. The van der Waals surface area contributed by atoms with Gasteiger partial charge in [0.15, 0.2) is 11.3 Å². The molecular weight excluding hydrogens is 389 g/mol. The van der Waals surface area contributed by atoms with Gasteiger partial charge < -0.3 is 10.6 Å². The Kier molecular flexibility index (Phi) is 3.81. The summed E-state index contributed by atoms with van der Waals surface area (Å²) in [5.74, 6) is 0.231. The summed E-state index contributed by atoms with van der Waals surface area (Å²) in [5, 5.41) is 10.5. The van der Waals surface area contributed by atoms with E-state index in [2.05, 4.69) is 30.7 Å². The maximum Gasteiger partial charge on any atom is 0.330 e. The van der Waals surface area contributed by atoms with Crippen LogP contribution in [0.3, 0.4) is 0 Å².